The number of aromatic nitrogens is 2. The minimum Gasteiger partial charge on any atom is -0.380 e. The van der Waals surface area contributed by atoms with Gasteiger partial charge in [0.25, 0.3) is 5.91 Å². The van der Waals surface area contributed by atoms with Gasteiger partial charge >= 0.3 is 0 Å². The smallest absolute Gasteiger partial charge is 0.263 e. The molecule has 1 saturated heterocycles. The van der Waals surface area contributed by atoms with Gasteiger partial charge in [-0.05, 0) is 48.2 Å². The van der Waals surface area contributed by atoms with Gasteiger partial charge in [0.15, 0.2) is 0 Å². The van der Waals surface area contributed by atoms with Gasteiger partial charge in [-0.3, -0.25) is 14.6 Å². The average molecular weight is 528 g/mol. The molecule has 0 bridgehead atoms. The van der Waals surface area contributed by atoms with Gasteiger partial charge in [-0.25, -0.2) is 9.97 Å². The van der Waals surface area contributed by atoms with Gasteiger partial charge in [-0.15, -0.1) is 0 Å². The molecule has 2 aromatic carbocycles. The second kappa shape index (κ2) is 9.59. The minimum absolute atomic E-state index is 0.216. The maximum atomic E-state index is 13.2. The summed E-state index contributed by atoms with van der Waals surface area (Å²) in [7, 11) is 0. The van der Waals surface area contributed by atoms with E-state index in [2.05, 4.69) is 38.4 Å². The predicted molar refractivity (Wildman–Crippen MR) is 139 cm³/mol. The largest absolute Gasteiger partial charge is 0.380 e. The lowest BCUT2D eigenvalue weighted by Gasteiger charge is -2.33. The Kier molecular flexibility index (Phi) is 6.32. The fourth-order valence-corrected chi connectivity index (χ4v) is 6.37. The molecule has 1 unspecified atom stereocenters. The standard InChI is InChI=1S/C25H23Cl2N5O2S/c26-20-2-1-3-21(27)22(20)32-14-35-23-19(24(32)33)11-28-25(30-23)29-17-5-4-16-12-31(8-6-15(16)10-17)18-7-9-34-13-18/h1-5,10-11,18H,6-9,12-14H2,(H,28,29,30). The summed E-state index contributed by atoms with van der Waals surface area (Å²) < 4.78 is 5.57. The van der Waals surface area contributed by atoms with Crippen molar-refractivity contribution in [3.63, 3.8) is 0 Å². The van der Waals surface area contributed by atoms with Crippen LogP contribution in [-0.2, 0) is 17.7 Å². The van der Waals surface area contributed by atoms with E-state index in [1.807, 2.05) is 0 Å². The number of thioether (sulfide) groups is 1. The zero-order valence-corrected chi connectivity index (χ0v) is 21.2. The van der Waals surface area contributed by atoms with E-state index in [9.17, 15) is 4.79 Å². The number of benzene rings is 2. The Bertz CT molecular complexity index is 1280. The van der Waals surface area contributed by atoms with Crippen molar-refractivity contribution >= 4 is 58.2 Å². The molecule has 1 fully saturated rings. The number of para-hydroxylation sites is 1. The topological polar surface area (TPSA) is 70.6 Å². The van der Waals surface area contributed by atoms with Crippen LogP contribution >= 0.6 is 35.0 Å². The molecule has 7 nitrogen and oxygen atoms in total. The molecule has 0 radical (unpaired) electrons. The van der Waals surface area contributed by atoms with Gasteiger partial charge in [0.05, 0.1) is 33.8 Å². The molecule has 0 saturated carbocycles. The number of nitrogens with one attached hydrogen (secondary N) is 1. The highest BCUT2D eigenvalue weighted by Gasteiger charge is 2.31. The summed E-state index contributed by atoms with van der Waals surface area (Å²) in [6.07, 6.45) is 3.70. The zero-order valence-electron chi connectivity index (χ0n) is 18.8. The monoisotopic (exact) mass is 527 g/mol. The molecule has 1 aromatic heterocycles. The molecule has 35 heavy (non-hydrogen) atoms. The third-order valence-electron chi connectivity index (χ3n) is 6.69. The molecule has 3 aliphatic heterocycles. The Balaban J connectivity index is 1.18. The molecule has 6 rings (SSSR count). The summed E-state index contributed by atoms with van der Waals surface area (Å²) in [5.74, 6) is 0.618. The van der Waals surface area contributed by atoms with Crippen LogP contribution in [0.25, 0.3) is 0 Å². The Morgan fingerprint density at radius 3 is 2.80 bits per heavy atom. The fourth-order valence-electron chi connectivity index (χ4n) is 4.83. The molecular formula is C25H23Cl2N5O2S. The summed E-state index contributed by atoms with van der Waals surface area (Å²) in [4.78, 5) is 26.3. The zero-order chi connectivity index (χ0) is 23.9. The number of hydrogen-bond donors (Lipinski definition) is 1. The number of halogens is 2. The number of fused-ring (bicyclic) bond motifs is 2. The molecular weight excluding hydrogens is 505 g/mol. The number of carbonyl (C=O) groups excluding carboxylic acids is 1. The van der Waals surface area contributed by atoms with Crippen molar-refractivity contribution in [1.82, 2.24) is 14.9 Å². The van der Waals surface area contributed by atoms with Crippen LogP contribution < -0.4 is 10.2 Å². The third kappa shape index (κ3) is 4.49. The number of nitrogens with zero attached hydrogens (tertiary/aromatic N) is 4. The van der Waals surface area contributed by atoms with Crippen LogP contribution in [-0.4, -0.2) is 52.5 Å². The number of rotatable bonds is 4. The van der Waals surface area contributed by atoms with Crippen molar-refractivity contribution in [2.75, 3.05) is 35.9 Å². The van der Waals surface area contributed by atoms with Gasteiger partial charge < -0.3 is 10.1 Å². The maximum absolute atomic E-state index is 13.2. The Morgan fingerprint density at radius 2 is 2.00 bits per heavy atom. The van der Waals surface area contributed by atoms with Gasteiger partial charge in [-0.2, -0.15) is 0 Å². The van der Waals surface area contributed by atoms with Gasteiger partial charge in [-0.1, -0.05) is 47.1 Å². The molecule has 1 amide bonds. The van der Waals surface area contributed by atoms with Crippen molar-refractivity contribution in [3.8, 4) is 0 Å². The number of carbonyl (C=O) groups is 1. The van der Waals surface area contributed by atoms with Crippen molar-refractivity contribution < 1.29 is 9.53 Å². The summed E-state index contributed by atoms with van der Waals surface area (Å²) >= 11 is 14.1. The SMILES string of the molecule is O=C1c2cnc(Nc3ccc4c(c3)CCN(C3CCOC3)C4)nc2SCN1c1c(Cl)cccc1Cl. The van der Waals surface area contributed by atoms with Crippen LogP contribution in [0.15, 0.2) is 47.6 Å². The van der Waals surface area contributed by atoms with E-state index >= 15 is 0 Å². The van der Waals surface area contributed by atoms with Crippen molar-refractivity contribution in [1.29, 1.82) is 0 Å². The lowest BCUT2D eigenvalue weighted by Crippen LogP contribution is -2.39. The lowest BCUT2D eigenvalue weighted by molar-refractivity contribution is 0.0985. The molecule has 10 heteroatoms. The summed E-state index contributed by atoms with van der Waals surface area (Å²) in [5.41, 5.74) is 4.59. The first-order chi connectivity index (χ1) is 17.1. The number of hydrogen-bond acceptors (Lipinski definition) is 7. The van der Waals surface area contributed by atoms with Gasteiger partial charge in [0.2, 0.25) is 5.95 Å². The first-order valence-electron chi connectivity index (χ1n) is 11.5. The van der Waals surface area contributed by atoms with E-state index < -0.39 is 0 Å². The molecule has 0 spiro atoms. The van der Waals surface area contributed by atoms with Crippen LogP contribution in [0.4, 0.5) is 17.3 Å². The average Bonchev–Trinajstić information content (AvgIpc) is 3.40. The van der Waals surface area contributed by atoms with E-state index in [4.69, 9.17) is 27.9 Å². The van der Waals surface area contributed by atoms with Crippen molar-refractivity contribution in [3.05, 3.63) is 69.3 Å². The Morgan fingerprint density at radius 1 is 1.14 bits per heavy atom. The second-order valence-electron chi connectivity index (χ2n) is 8.84. The fraction of sp³-hybridized carbons (Fsp3) is 0.320. The predicted octanol–water partition coefficient (Wildman–Crippen LogP) is 5.38. The van der Waals surface area contributed by atoms with Gasteiger partial charge in [0, 0.05) is 37.6 Å². The highest BCUT2D eigenvalue weighted by Crippen LogP contribution is 2.39. The quantitative estimate of drug-likeness (QED) is 0.456. The number of anilines is 3. The highest BCUT2D eigenvalue weighted by molar-refractivity contribution is 7.99. The van der Waals surface area contributed by atoms with E-state index in [1.54, 1.807) is 29.3 Å². The summed E-state index contributed by atoms with van der Waals surface area (Å²) in [6, 6.07) is 12.2. The Labute approximate surface area is 217 Å². The van der Waals surface area contributed by atoms with Crippen LogP contribution in [0, 0.1) is 0 Å². The van der Waals surface area contributed by atoms with Crippen LogP contribution in [0.5, 0.6) is 0 Å². The van der Waals surface area contributed by atoms with E-state index in [0.717, 1.165) is 44.8 Å². The second-order valence-corrected chi connectivity index (χ2v) is 10.6. The van der Waals surface area contributed by atoms with E-state index in [1.165, 1.54) is 22.9 Å². The lowest BCUT2D eigenvalue weighted by atomic mass is 9.97. The molecule has 1 atom stereocenters. The number of ether oxygens (including phenoxy) is 1. The Hall–Kier alpha value is -2.36. The molecule has 1 N–H and O–H groups in total. The summed E-state index contributed by atoms with van der Waals surface area (Å²) in [6.45, 7) is 3.72. The number of amides is 1. The van der Waals surface area contributed by atoms with Crippen molar-refractivity contribution in [2.24, 2.45) is 0 Å². The first-order valence-corrected chi connectivity index (χ1v) is 13.3. The van der Waals surface area contributed by atoms with Gasteiger partial charge in [0.1, 0.15) is 5.03 Å². The van der Waals surface area contributed by atoms with E-state index in [-0.39, 0.29) is 5.91 Å². The molecule has 0 aliphatic carbocycles. The van der Waals surface area contributed by atoms with Crippen molar-refractivity contribution in [2.45, 2.75) is 30.5 Å². The molecule has 3 aromatic rings. The van der Waals surface area contributed by atoms with Crippen LogP contribution in [0.1, 0.15) is 27.9 Å². The molecule has 3 aliphatic rings. The highest BCUT2D eigenvalue weighted by atomic mass is 35.5. The van der Waals surface area contributed by atoms with E-state index in [0.29, 0.717) is 44.2 Å². The minimum atomic E-state index is -0.216. The third-order valence-corrected chi connectivity index (χ3v) is 8.28. The maximum Gasteiger partial charge on any atom is 0.263 e. The normalized spacial score (nSPS) is 20.0. The first kappa shape index (κ1) is 23.1. The van der Waals surface area contributed by atoms with Crippen LogP contribution in [0.2, 0.25) is 10.0 Å². The summed E-state index contributed by atoms with van der Waals surface area (Å²) in [5, 5.41) is 4.81. The molecule has 180 valence electrons. The van der Waals surface area contributed by atoms with Crippen LogP contribution in [0.3, 0.4) is 0 Å². The molecule has 4 heterocycles.